The van der Waals surface area contributed by atoms with Gasteiger partial charge in [0.15, 0.2) is 0 Å². The molecule has 1 N–H and O–H groups in total. The fourth-order valence-electron chi connectivity index (χ4n) is 2.48. The highest BCUT2D eigenvalue weighted by molar-refractivity contribution is 6.33. The van der Waals surface area contributed by atoms with E-state index in [1.165, 1.54) is 12.1 Å². The van der Waals surface area contributed by atoms with E-state index in [1.54, 1.807) is 6.07 Å². The molecule has 0 aliphatic carbocycles. The van der Waals surface area contributed by atoms with Crippen molar-refractivity contribution in [3.63, 3.8) is 0 Å². The summed E-state index contributed by atoms with van der Waals surface area (Å²) in [5.41, 5.74) is 0.746. The van der Waals surface area contributed by atoms with Crippen molar-refractivity contribution in [2.45, 2.75) is 19.3 Å². The summed E-state index contributed by atoms with van der Waals surface area (Å²) >= 11 is 6.09. The van der Waals surface area contributed by atoms with Gasteiger partial charge in [-0.05, 0) is 24.8 Å². The Balaban J connectivity index is 2.03. The van der Waals surface area contributed by atoms with Gasteiger partial charge in [0.1, 0.15) is 0 Å². The molecule has 1 fully saturated rings. The van der Waals surface area contributed by atoms with Crippen molar-refractivity contribution < 1.29 is 14.8 Å². The number of nitro benzene ring substituents is 1. The second-order valence-electron chi connectivity index (χ2n) is 4.93. The van der Waals surface area contributed by atoms with Crippen molar-refractivity contribution in [3.05, 3.63) is 33.3 Å². The van der Waals surface area contributed by atoms with Crippen LogP contribution in [0.2, 0.25) is 5.02 Å². The number of non-ortho nitro benzene ring substituents is 1. The number of anilines is 1. The fraction of sp³-hybridized carbons (Fsp3) is 0.462. The molecule has 1 saturated heterocycles. The fourth-order valence-corrected chi connectivity index (χ4v) is 2.77. The lowest BCUT2D eigenvalue weighted by molar-refractivity contribution is -0.384. The number of hydrogen-bond donors (Lipinski definition) is 1. The maximum absolute atomic E-state index is 10.7. The molecular formula is C13H15ClN2O4. The first kappa shape index (κ1) is 14.6. The average Bonchev–Trinajstić information content (AvgIpc) is 2.84. The lowest BCUT2D eigenvalue weighted by atomic mass is 10.0. The molecule has 0 aromatic heterocycles. The summed E-state index contributed by atoms with van der Waals surface area (Å²) in [5.74, 6) is -0.450. The maximum Gasteiger partial charge on any atom is 0.303 e. The van der Waals surface area contributed by atoms with Crippen LogP contribution < -0.4 is 4.90 Å². The van der Waals surface area contributed by atoms with E-state index >= 15 is 0 Å². The van der Waals surface area contributed by atoms with Crippen molar-refractivity contribution in [2.24, 2.45) is 5.92 Å². The third-order valence-electron chi connectivity index (χ3n) is 3.54. The second-order valence-corrected chi connectivity index (χ2v) is 5.33. The molecule has 7 heteroatoms. The first-order valence-electron chi connectivity index (χ1n) is 6.38. The van der Waals surface area contributed by atoms with Crippen LogP contribution in [0.15, 0.2) is 18.2 Å². The topological polar surface area (TPSA) is 83.7 Å². The van der Waals surface area contributed by atoms with Crippen molar-refractivity contribution in [2.75, 3.05) is 18.0 Å². The van der Waals surface area contributed by atoms with Crippen LogP contribution in [0.25, 0.3) is 0 Å². The van der Waals surface area contributed by atoms with Crippen LogP contribution in [0.5, 0.6) is 0 Å². The van der Waals surface area contributed by atoms with Gasteiger partial charge < -0.3 is 10.0 Å². The Morgan fingerprint density at radius 1 is 1.55 bits per heavy atom. The molecule has 1 aromatic carbocycles. The molecule has 0 saturated carbocycles. The van der Waals surface area contributed by atoms with Crippen LogP contribution in [-0.4, -0.2) is 29.1 Å². The molecule has 1 heterocycles. The summed E-state index contributed by atoms with van der Waals surface area (Å²) in [6.07, 6.45) is 1.74. The van der Waals surface area contributed by atoms with Crippen LogP contribution in [0.4, 0.5) is 11.4 Å². The molecule has 0 spiro atoms. The number of aliphatic carboxylic acids is 1. The van der Waals surface area contributed by atoms with Crippen molar-refractivity contribution >= 4 is 28.9 Å². The number of nitrogens with zero attached hydrogens (tertiary/aromatic N) is 2. The molecule has 0 radical (unpaired) electrons. The molecule has 6 nitrogen and oxygen atoms in total. The number of rotatable bonds is 5. The Morgan fingerprint density at radius 2 is 2.30 bits per heavy atom. The van der Waals surface area contributed by atoms with Gasteiger partial charge in [0.2, 0.25) is 0 Å². The van der Waals surface area contributed by atoms with Gasteiger partial charge in [0.25, 0.3) is 5.69 Å². The molecule has 108 valence electrons. The van der Waals surface area contributed by atoms with Crippen LogP contribution in [0, 0.1) is 16.0 Å². The van der Waals surface area contributed by atoms with Crippen LogP contribution in [0.3, 0.4) is 0 Å². The zero-order chi connectivity index (χ0) is 14.7. The molecular weight excluding hydrogens is 284 g/mol. The van der Waals surface area contributed by atoms with E-state index in [9.17, 15) is 14.9 Å². The van der Waals surface area contributed by atoms with Gasteiger partial charge >= 0.3 is 5.97 Å². The van der Waals surface area contributed by atoms with E-state index in [-0.39, 0.29) is 12.1 Å². The lowest BCUT2D eigenvalue weighted by Crippen LogP contribution is -2.20. The first-order chi connectivity index (χ1) is 9.47. The molecule has 0 bridgehead atoms. The number of carbonyl (C=O) groups is 1. The quantitative estimate of drug-likeness (QED) is 0.667. The van der Waals surface area contributed by atoms with E-state index in [1.807, 2.05) is 0 Å². The van der Waals surface area contributed by atoms with Gasteiger partial charge in [-0.2, -0.15) is 0 Å². The minimum absolute atomic E-state index is 0.0274. The zero-order valence-corrected chi connectivity index (χ0v) is 11.5. The molecule has 1 aliphatic heterocycles. The lowest BCUT2D eigenvalue weighted by Gasteiger charge is -2.19. The second kappa shape index (κ2) is 6.09. The number of benzene rings is 1. The largest absolute Gasteiger partial charge is 0.481 e. The number of nitro groups is 1. The van der Waals surface area contributed by atoms with E-state index < -0.39 is 10.9 Å². The highest BCUT2D eigenvalue weighted by atomic mass is 35.5. The van der Waals surface area contributed by atoms with Crippen LogP contribution in [-0.2, 0) is 4.79 Å². The van der Waals surface area contributed by atoms with Gasteiger partial charge in [-0.1, -0.05) is 11.6 Å². The summed E-state index contributed by atoms with van der Waals surface area (Å²) in [4.78, 5) is 22.8. The Morgan fingerprint density at radius 3 is 2.90 bits per heavy atom. The predicted molar refractivity (Wildman–Crippen MR) is 75.3 cm³/mol. The summed E-state index contributed by atoms with van der Waals surface area (Å²) in [6.45, 7) is 1.53. The summed E-state index contributed by atoms with van der Waals surface area (Å²) < 4.78 is 0. The van der Waals surface area contributed by atoms with Gasteiger partial charge in [0.05, 0.1) is 15.6 Å². The summed E-state index contributed by atoms with van der Waals surface area (Å²) in [5, 5.41) is 19.7. The van der Waals surface area contributed by atoms with Gasteiger partial charge in [-0.25, -0.2) is 0 Å². The minimum atomic E-state index is -0.781. The smallest absolute Gasteiger partial charge is 0.303 e. The minimum Gasteiger partial charge on any atom is -0.481 e. The average molecular weight is 299 g/mol. The Hall–Kier alpha value is -1.82. The molecule has 1 atom stereocenters. The third kappa shape index (κ3) is 3.39. The Kier molecular flexibility index (Phi) is 4.44. The highest BCUT2D eigenvalue weighted by Crippen LogP contribution is 2.34. The predicted octanol–water partition coefficient (Wildman–Crippen LogP) is 2.94. The monoisotopic (exact) mass is 298 g/mol. The van der Waals surface area contributed by atoms with Crippen molar-refractivity contribution in [1.82, 2.24) is 0 Å². The van der Waals surface area contributed by atoms with Gasteiger partial charge in [0, 0.05) is 31.6 Å². The maximum atomic E-state index is 10.7. The zero-order valence-electron chi connectivity index (χ0n) is 10.8. The molecule has 1 unspecified atom stereocenters. The van der Waals surface area contributed by atoms with Crippen LogP contribution >= 0.6 is 11.6 Å². The SMILES string of the molecule is O=C(O)CCC1CCN(c2ccc([N+](=O)[O-])cc2Cl)C1. The molecule has 2 rings (SSSR count). The van der Waals surface area contributed by atoms with Gasteiger partial charge in [-0.3, -0.25) is 14.9 Å². The first-order valence-corrected chi connectivity index (χ1v) is 6.76. The number of carboxylic acids is 1. The molecule has 1 aliphatic rings. The summed E-state index contributed by atoms with van der Waals surface area (Å²) in [7, 11) is 0. The van der Waals surface area contributed by atoms with Crippen molar-refractivity contribution in [3.8, 4) is 0 Å². The number of halogens is 1. The van der Waals surface area contributed by atoms with E-state index in [4.69, 9.17) is 16.7 Å². The summed E-state index contributed by atoms with van der Waals surface area (Å²) in [6, 6.07) is 4.44. The number of hydrogen-bond acceptors (Lipinski definition) is 4. The molecule has 20 heavy (non-hydrogen) atoms. The van der Waals surface area contributed by atoms with Crippen LogP contribution in [0.1, 0.15) is 19.3 Å². The Labute approximate surface area is 121 Å². The highest BCUT2D eigenvalue weighted by Gasteiger charge is 2.25. The van der Waals surface area contributed by atoms with E-state index in [2.05, 4.69) is 4.90 Å². The number of carboxylic acid groups (broad SMARTS) is 1. The van der Waals surface area contributed by atoms with E-state index in [0.717, 1.165) is 25.2 Å². The standard InChI is InChI=1S/C13H15ClN2O4/c14-11-7-10(16(19)20)2-3-12(11)15-6-5-9(8-15)1-4-13(17)18/h2-3,7,9H,1,4-6,8H2,(H,17,18). The van der Waals surface area contributed by atoms with Crippen molar-refractivity contribution in [1.29, 1.82) is 0 Å². The molecule has 0 amide bonds. The Bertz CT molecular complexity index is 535. The van der Waals surface area contributed by atoms with Gasteiger partial charge in [-0.15, -0.1) is 0 Å². The normalized spacial score (nSPS) is 18.2. The third-order valence-corrected chi connectivity index (χ3v) is 3.84. The van der Waals surface area contributed by atoms with E-state index in [0.29, 0.717) is 17.4 Å². The molecule has 1 aromatic rings.